The van der Waals surface area contributed by atoms with Crippen LogP contribution in [0, 0.1) is 5.82 Å². The Kier molecular flexibility index (Phi) is 3.84. The van der Waals surface area contributed by atoms with Gasteiger partial charge in [0.1, 0.15) is 5.82 Å². The molecule has 5 nitrogen and oxygen atoms in total. The third kappa shape index (κ3) is 4.23. The van der Waals surface area contributed by atoms with Crippen LogP contribution in [0.1, 0.15) is 0 Å². The molecule has 0 aliphatic heterocycles. The van der Waals surface area contributed by atoms with Gasteiger partial charge >= 0.3 is 0 Å². The standard InChI is InChI=1S/C10H11FN2O3S/c1-3-10(14)12-7-4-5-8(11)9(6-7)13-17(2,15)16/h3-6,13H,1H2,2H3,(H,12,14). The van der Waals surface area contributed by atoms with Gasteiger partial charge in [-0.2, -0.15) is 0 Å². The second-order valence-electron chi connectivity index (χ2n) is 3.26. The Morgan fingerprint density at radius 3 is 2.65 bits per heavy atom. The Balaban J connectivity index is 3.02. The number of sulfonamides is 1. The largest absolute Gasteiger partial charge is 0.322 e. The van der Waals surface area contributed by atoms with Crippen LogP contribution in [0.15, 0.2) is 30.9 Å². The zero-order valence-corrected chi connectivity index (χ0v) is 9.84. The topological polar surface area (TPSA) is 75.3 Å². The van der Waals surface area contributed by atoms with E-state index in [-0.39, 0.29) is 11.4 Å². The second kappa shape index (κ2) is 4.96. The highest BCUT2D eigenvalue weighted by Crippen LogP contribution is 2.20. The molecule has 0 spiro atoms. The molecule has 0 aliphatic carbocycles. The summed E-state index contributed by atoms with van der Waals surface area (Å²) in [7, 11) is -3.57. The van der Waals surface area contributed by atoms with Gasteiger partial charge in [0.15, 0.2) is 0 Å². The second-order valence-corrected chi connectivity index (χ2v) is 5.01. The van der Waals surface area contributed by atoms with Crippen molar-refractivity contribution in [1.82, 2.24) is 0 Å². The van der Waals surface area contributed by atoms with Crippen molar-refractivity contribution in [2.24, 2.45) is 0 Å². The van der Waals surface area contributed by atoms with Gasteiger partial charge in [-0.1, -0.05) is 6.58 Å². The Hall–Kier alpha value is -1.89. The molecular formula is C10H11FN2O3S. The molecule has 0 atom stereocenters. The molecule has 0 bridgehead atoms. The van der Waals surface area contributed by atoms with E-state index in [9.17, 15) is 17.6 Å². The molecule has 7 heteroatoms. The highest BCUT2D eigenvalue weighted by atomic mass is 32.2. The van der Waals surface area contributed by atoms with Crippen LogP contribution in [-0.2, 0) is 14.8 Å². The lowest BCUT2D eigenvalue weighted by molar-refractivity contribution is -0.111. The molecular weight excluding hydrogens is 247 g/mol. The Labute approximate surface area is 98.4 Å². The normalized spacial score (nSPS) is 10.7. The van der Waals surface area contributed by atoms with E-state index < -0.39 is 21.7 Å². The summed E-state index contributed by atoms with van der Waals surface area (Å²) in [4.78, 5) is 11.0. The van der Waals surface area contributed by atoms with E-state index in [0.29, 0.717) is 0 Å². The molecule has 1 aromatic carbocycles. The molecule has 2 N–H and O–H groups in total. The predicted molar refractivity (Wildman–Crippen MR) is 63.7 cm³/mol. The first-order chi connectivity index (χ1) is 7.81. The first-order valence-corrected chi connectivity index (χ1v) is 6.42. The Morgan fingerprint density at radius 2 is 2.12 bits per heavy atom. The molecule has 1 aromatic rings. The van der Waals surface area contributed by atoms with Gasteiger partial charge in [-0.25, -0.2) is 12.8 Å². The number of hydrogen-bond donors (Lipinski definition) is 2. The summed E-state index contributed by atoms with van der Waals surface area (Å²) in [6.45, 7) is 3.26. The van der Waals surface area contributed by atoms with E-state index in [1.54, 1.807) is 0 Å². The maximum atomic E-state index is 13.3. The van der Waals surface area contributed by atoms with Gasteiger partial charge in [-0.3, -0.25) is 9.52 Å². The molecule has 17 heavy (non-hydrogen) atoms. The fraction of sp³-hybridized carbons (Fsp3) is 0.100. The molecule has 1 amide bonds. The van der Waals surface area contributed by atoms with Crippen LogP contribution < -0.4 is 10.0 Å². The zero-order chi connectivity index (χ0) is 13.1. The first-order valence-electron chi connectivity index (χ1n) is 4.52. The summed E-state index contributed by atoms with van der Waals surface area (Å²) < 4.78 is 37.2. The molecule has 0 saturated carbocycles. The molecule has 1 rings (SSSR count). The Morgan fingerprint density at radius 1 is 1.47 bits per heavy atom. The first kappa shape index (κ1) is 13.2. The van der Waals surface area contributed by atoms with E-state index in [1.165, 1.54) is 12.1 Å². The smallest absolute Gasteiger partial charge is 0.247 e. The number of anilines is 2. The van der Waals surface area contributed by atoms with Gasteiger partial charge in [0.25, 0.3) is 0 Å². The molecule has 0 heterocycles. The van der Waals surface area contributed by atoms with Gasteiger partial charge < -0.3 is 5.32 Å². The number of nitrogens with one attached hydrogen (secondary N) is 2. The summed E-state index contributed by atoms with van der Waals surface area (Å²) in [6.07, 6.45) is 1.95. The molecule has 0 unspecified atom stereocenters. The highest BCUT2D eigenvalue weighted by molar-refractivity contribution is 7.92. The van der Waals surface area contributed by atoms with Crippen molar-refractivity contribution < 1.29 is 17.6 Å². The van der Waals surface area contributed by atoms with Crippen molar-refractivity contribution in [1.29, 1.82) is 0 Å². The van der Waals surface area contributed by atoms with Crippen LogP contribution in [0.25, 0.3) is 0 Å². The minimum absolute atomic E-state index is 0.227. The van der Waals surface area contributed by atoms with Crippen molar-refractivity contribution in [3.05, 3.63) is 36.7 Å². The highest BCUT2D eigenvalue weighted by Gasteiger charge is 2.09. The molecule has 0 aliphatic rings. The van der Waals surface area contributed by atoms with Gasteiger partial charge in [0, 0.05) is 5.69 Å². The number of rotatable bonds is 4. The number of carbonyl (C=O) groups excluding carboxylic acids is 1. The number of halogens is 1. The maximum absolute atomic E-state index is 13.3. The maximum Gasteiger partial charge on any atom is 0.247 e. The minimum Gasteiger partial charge on any atom is -0.322 e. The van der Waals surface area contributed by atoms with Crippen LogP contribution in [0.5, 0.6) is 0 Å². The lowest BCUT2D eigenvalue weighted by Crippen LogP contribution is -2.12. The van der Waals surface area contributed by atoms with Crippen LogP contribution in [-0.4, -0.2) is 20.6 Å². The molecule has 92 valence electrons. The summed E-state index contributed by atoms with van der Waals surface area (Å²) in [6, 6.07) is 3.54. The van der Waals surface area contributed by atoms with Crippen molar-refractivity contribution >= 4 is 27.3 Å². The van der Waals surface area contributed by atoms with E-state index in [0.717, 1.165) is 18.4 Å². The van der Waals surface area contributed by atoms with Crippen LogP contribution in [0.4, 0.5) is 15.8 Å². The third-order valence-corrected chi connectivity index (χ3v) is 2.31. The summed E-state index contributed by atoms with van der Waals surface area (Å²) in [5.74, 6) is -1.20. The third-order valence-electron chi connectivity index (χ3n) is 1.71. The van der Waals surface area contributed by atoms with E-state index in [1.807, 2.05) is 4.72 Å². The van der Waals surface area contributed by atoms with Crippen molar-refractivity contribution in [2.75, 3.05) is 16.3 Å². The van der Waals surface area contributed by atoms with E-state index >= 15 is 0 Å². The molecule has 0 aromatic heterocycles. The van der Waals surface area contributed by atoms with Crippen molar-refractivity contribution in [3.63, 3.8) is 0 Å². The van der Waals surface area contributed by atoms with Gasteiger partial charge in [0.2, 0.25) is 15.9 Å². The Bertz CT molecular complexity index is 555. The van der Waals surface area contributed by atoms with E-state index in [2.05, 4.69) is 11.9 Å². The number of carbonyl (C=O) groups is 1. The van der Waals surface area contributed by atoms with Crippen LogP contribution in [0.3, 0.4) is 0 Å². The summed E-state index contributed by atoms with van der Waals surface area (Å²) >= 11 is 0. The van der Waals surface area contributed by atoms with Crippen LogP contribution in [0.2, 0.25) is 0 Å². The number of benzene rings is 1. The van der Waals surface area contributed by atoms with E-state index in [4.69, 9.17) is 0 Å². The zero-order valence-electron chi connectivity index (χ0n) is 9.03. The number of hydrogen-bond acceptors (Lipinski definition) is 3. The van der Waals surface area contributed by atoms with Crippen molar-refractivity contribution in [2.45, 2.75) is 0 Å². The summed E-state index contributed by atoms with van der Waals surface area (Å²) in [5, 5.41) is 2.39. The van der Waals surface area contributed by atoms with Gasteiger partial charge in [-0.15, -0.1) is 0 Å². The minimum atomic E-state index is -3.57. The number of amides is 1. The fourth-order valence-electron chi connectivity index (χ4n) is 1.07. The quantitative estimate of drug-likeness (QED) is 0.800. The predicted octanol–water partition coefficient (Wildman–Crippen LogP) is 1.32. The fourth-order valence-corrected chi connectivity index (χ4v) is 1.63. The molecule has 0 saturated heterocycles. The lowest BCUT2D eigenvalue weighted by atomic mass is 10.2. The van der Waals surface area contributed by atoms with Gasteiger partial charge in [-0.05, 0) is 24.3 Å². The van der Waals surface area contributed by atoms with Crippen LogP contribution >= 0.6 is 0 Å². The molecule has 0 fully saturated rings. The van der Waals surface area contributed by atoms with Crippen molar-refractivity contribution in [3.8, 4) is 0 Å². The average Bonchev–Trinajstić information content (AvgIpc) is 2.21. The lowest BCUT2D eigenvalue weighted by Gasteiger charge is -2.08. The monoisotopic (exact) mass is 258 g/mol. The SMILES string of the molecule is C=CC(=O)Nc1ccc(F)c(NS(C)(=O)=O)c1. The van der Waals surface area contributed by atoms with Gasteiger partial charge in [0.05, 0.1) is 11.9 Å². The average molecular weight is 258 g/mol. The summed E-state index contributed by atoms with van der Waals surface area (Å²) in [5.41, 5.74) is 0.0387. The molecule has 0 radical (unpaired) electrons.